The fraction of sp³-hybridized carbons (Fsp3) is 0.619. The molecule has 1 saturated heterocycles. The summed E-state index contributed by atoms with van der Waals surface area (Å²) in [4.78, 5) is 24.9. The molecule has 6 heteroatoms. The number of piperidine rings is 1. The molecule has 150 valence electrons. The van der Waals surface area contributed by atoms with Gasteiger partial charge in [0.25, 0.3) is 0 Å². The normalized spacial score (nSPS) is 15.5. The van der Waals surface area contributed by atoms with Gasteiger partial charge in [0.15, 0.2) is 0 Å². The summed E-state index contributed by atoms with van der Waals surface area (Å²) in [6.07, 6.45) is 3.77. The maximum atomic E-state index is 12.1. The van der Waals surface area contributed by atoms with E-state index in [0.717, 1.165) is 38.8 Å². The molecule has 1 heterocycles. The molecule has 1 aromatic rings. The average Bonchev–Trinajstić information content (AvgIpc) is 2.57. The Hall–Kier alpha value is -2.24. The van der Waals surface area contributed by atoms with E-state index in [0.29, 0.717) is 29.4 Å². The zero-order chi connectivity index (χ0) is 20.0. The van der Waals surface area contributed by atoms with Gasteiger partial charge in [-0.2, -0.15) is 0 Å². The van der Waals surface area contributed by atoms with Gasteiger partial charge in [-0.3, -0.25) is 0 Å². The molecule has 1 amide bonds. The third-order valence-electron chi connectivity index (χ3n) is 4.72. The van der Waals surface area contributed by atoms with Crippen molar-refractivity contribution in [2.75, 3.05) is 19.7 Å². The maximum absolute atomic E-state index is 12.1. The second-order valence-corrected chi connectivity index (χ2v) is 8.18. The van der Waals surface area contributed by atoms with Gasteiger partial charge in [0.05, 0.1) is 12.2 Å². The Morgan fingerprint density at radius 2 is 1.89 bits per heavy atom. The Bertz CT molecular complexity index is 657. The third kappa shape index (κ3) is 6.77. The minimum absolute atomic E-state index is 0.218. The maximum Gasteiger partial charge on any atom is 0.410 e. The Morgan fingerprint density at radius 3 is 2.44 bits per heavy atom. The van der Waals surface area contributed by atoms with Crippen molar-refractivity contribution in [3.63, 3.8) is 0 Å². The Labute approximate surface area is 161 Å². The minimum Gasteiger partial charge on any atom is -0.494 e. The van der Waals surface area contributed by atoms with Gasteiger partial charge in [-0.25, -0.2) is 9.59 Å². The summed E-state index contributed by atoms with van der Waals surface area (Å²) in [6.45, 7) is 9.52. The summed E-state index contributed by atoms with van der Waals surface area (Å²) >= 11 is 0. The van der Waals surface area contributed by atoms with E-state index < -0.39 is 11.6 Å². The summed E-state index contributed by atoms with van der Waals surface area (Å²) in [5, 5.41) is 9.05. The van der Waals surface area contributed by atoms with Gasteiger partial charge in [-0.15, -0.1) is 0 Å². The summed E-state index contributed by atoms with van der Waals surface area (Å²) in [6, 6.07) is 5.05. The molecule has 0 saturated carbocycles. The van der Waals surface area contributed by atoms with Crippen LogP contribution in [0.2, 0.25) is 0 Å². The molecule has 1 aliphatic heterocycles. The average molecular weight is 377 g/mol. The van der Waals surface area contributed by atoms with Crippen LogP contribution < -0.4 is 4.74 Å². The number of carbonyl (C=O) groups is 2. The van der Waals surface area contributed by atoms with Crippen LogP contribution in [0.4, 0.5) is 4.79 Å². The molecule has 2 rings (SSSR count). The summed E-state index contributed by atoms with van der Waals surface area (Å²) < 4.78 is 11.2. The van der Waals surface area contributed by atoms with Crippen LogP contribution in [0, 0.1) is 12.8 Å². The van der Waals surface area contributed by atoms with Crippen molar-refractivity contribution in [2.45, 2.75) is 59.0 Å². The molecule has 1 aromatic carbocycles. The van der Waals surface area contributed by atoms with Crippen LogP contribution in [-0.4, -0.2) is 47.4 Å². The lowest BCUT2D eigenvalue weighted by molar-refractivity contribution is 0.0179. The number of carbonyl (C=O) groups excluding carboxylic acids is 1. The van der Waals surface area contributed by atoms with Crippen LogP contribution in [0.1, 0.15) is 62.4 Å². The van der Waals surface area contributed by atoms with E-state index in [-0.39, 0.29) is 6.09 Å². The number of ether oxygens (including phenoxy) is 2. The highest BCUT2D eigenvalue weighted by Gasteiger charge is 2.26. The van der Waals surface area contributed by atoms with Crippen molar-refractivity contribution >= 4 is 12.1 Å². The number of hydrogen-bond acceptors (Lipinski definition) is 4. The van der Waals surface area contributed by atoms with E-state index in [1.807, 2.05) is 20.8 Å². The molecule has 1 fully saturated rings. The van der Waals surface area contributed by atoms with Crippen LogP contribution in [0.25, 0.3) is 0 Å². The van der Waals surface area contributed by atoms with E-state index in [2.05, 4.69) is 0 Å². The molecule has 1 N–H and O–H groups in total. The number of amides is 1. The minimum atomic E-state index is -0.920. The van der Waals surface area contributed by atoms with E-state index >= 15 is 0 Å². The smallest absolute Gasteiger partial charge is 0.410 e. The van der Waals surface area contributed by atoms with E-state index in [1.54, 1.807) is 30.0 Å². The fourth-order valence-corrected chi connectivity index (χ4v) is 3.26. The summed E-state index contributed by atoms with van der Waals surface area (Å²) in [7, 11) is 0. The second kappa shape index (κ2) is 9.11. The molecule has 0 unspecified atom stereocenters. The highest BCUT2D eigenvalue weighted by atomic mass is 16.6. The number of carboxylic acid groups (broad SMARTS) is 1. The topological polar surface area (TPSA) is 76.1 Å². The molecular formula is C21H31NO5. The number of aryl methyl sites for hydroxylation is 1. The van der Waals surface area contributed by atoms with Gasteiger partial charge in [0, 0.05) is 13.1 Å². The lowest BCUT2D eigenvalue weighted by Gasteiger charge is -2.33. The van der Waals surface area contributed by atoms with E-state index in [9.17, 15) is 9.59 Å². The van der Waals surface area contributed by atoms with Crippen molar-refractivity contribution in [3.05, 3.63) is 29.3 Å². The standard InChI is InChI=1S/C21H31NO5/c1-15-14-17(7-8-18(15)19(23)24)26-13-5-6-16-9-11-22(12-10-16)20(25)27-21(2,3)4/h7-8,14,16H,5-6,9-13H2,1-4H3,(H,23,24). The predicted molar refractivity (Wildman–Crippen MR) is 103 cm³/mol. The first-order valence-corrected chi connectivity index (χ1v) is 9.60. The highest BCUT2D eigenvalue weighted by molar-refractivity contribution is 5.89. The van der Waals surface area contributed by atoms with Gasteiger partial charge in [0.1, 0.15) is 11.4 Å². The monoisotopic (exact) mass is 377 g/mol. The van der Waals surface area contributed by atoms with Crippen LogP contribution in [0.15, 0.2) is 18.2 Å². The Balaban J connectivity index is 1.67. The number of nitrogens with zero attached hydrogens (tertiary/aromatic N) is 1. The number of carboxylic acids is 1. The summed E-state index contributed by atoms with van der Waals surface area (Å²) in [5.74, 6) is 0.387. The van der Waals surface area contributed by atoms with Gasteiger partial charge >= 0.3 is 12.1 Å². The van der Waals surface area contributed by atoms with Crippen LogP contribution in [0.3, 0.4) is 0 Å². The molecule has 0 aliphatic carbocycles. The first kappa shape index (κ1) is 21.1. The number of rotatable bonds is 6. The number of likely N-dealkylation sites (tertiary alicyclic amines) is 1. The first-order chi connectivity index (χ1) is 12.7. The number of benzene rings is 1. The highest BCUT2D eigenvalue weighted by Crippen LogP contribution is 2.24. The van der Waals surface area contributed by atoms with Crippen molar-refractivity contribution < 1.29 is 24.2 Å². The molecule has 0 spiro atoms. The van der Waals surface area contributed by atoms with E-state index in [4.69, 9.17) is 14.6 Å². The van der Waals surface area contributed by atoms with Gasteiger partial charge in [-0.1, -0.05) is 0 Å². The lowest BCUT2D eigenvalue weighted by atomic mass is 9.92. The predicted octanol–water partition coefficient (Wildman–Crippen LogP) is 4.50. The van der Waals surface area contributed by atoms with E-state index in [1.165, 1.54) is 0 Å². The number of aromatic carboxylic acids is 1. The van der Waals surface area contributed by atoms with Crippen LogP contribution in [0.5, 0.6) is 5.75 Å². The largest absolute Gasteiger partial charge is 0.494 e. The summed E-state index contributed by atoms with van der Waals surface area (Å²) in [5.41, 5.74) is 0.556. The zero-order valence-electron chi connectivity index (χ0n) is 16.8. The Kier molecular flexibility index (Phi) is 7.11. The molecule has 27 heavy (non-hydrogen) atoms. The molecule has 0 radical (unpaired) electrons. The lowest BCUT2D eigenvalue weighted by Crippen LogP contribution is -2.41. The van der Waals surface area contributed by atoms with Crippen molar-refractivity contribution in [1.29, 1.82) is 0 Å². The zero-order valence-corrected chi connectivity index (χ0v) is 16.8. The molecule has 0 aromatic heterocycles. The first-order valence-electron chi connectivity index (χ1n) is 9.60. The molecule has 0 bridgehead atoms. The second-order valence-electron chi connectivity index (χ2n) is 8.18. The Morgan fingerprint density at radius 1 is 1.22 bits per heavy atom. The molecule has 6 nitrogen and oxygen atoms in total. The SMILES string of the molecule is Cc1cc(OCCCC2CCN(C(=O)OC(C)(C)C)CC2)ccc1C(=O)O. The van der Waals surface area contributed by atoms with Crippen LogP contribution >= 0.6 is 0 Å². The fourth-order valence-electron chi connectivity index (χ4n) is 3.26. The molecular weight excluding hydrogens is 346 g/mol. The van der Waals surface area contributed by atoms with Crippen molar-refractivity contribution in [1.82, 2.24) is 4.90 Å². The molecule has 1 aliphatic rings. The van der Waals surface area contributed by atoms with Gasteiger partial charge in [-0.05, 0) is 83.1 Å². The third-order valence-corrected chi connectivity index (χ3v) is 4.72. The van der Waals surface area contributed by atoms with Gasteiger partial charge in [0.2, 0.25) is 0 Å². The van der Waals surface area contributed by atoms with Crippen molar-refractivity contribution in [2.24, 2.45) is 5.92 Å². The van der Waals surface area contributed by atoms with Gasteiger partial charge < -0.3 is 19.5 Å². The quantitative estimate of drug-likeness (QED) is 0.739. The number of hydrogen-bond donors (Lipinski definition) is 1. The van der Waals surface area contributed by atoms with Crippen LogP contribution in [-0.2, 0) is 4.74 Å². The molecule has 0 atom stereocenters. The van der Waals surface area contributed by atoms with Crippen molar-refractivity contribution in [3.8, 4) is 5.75 Å².